The lowest BCUT2D eigenvalue weighted by molar-refractivity contribution is 0.303. The zero-order valence-corrected chi connectivity index (χ0v) is 12.5. The topological polar surface area (TPSA) is 21.3 Å². The fourth-order valence-electron chi connectivity index (χ4n) is 1.73. The van der Waals surface area contributed by atoms with E-state index in [4.69, 9.17) is 4.74 Å². The van der Waals surface area contributed by atoms with Crippen LogP contribution in [0.3, 0.4) is 0 Å². The van der Waals surface area contributed by atoms with Gasteiger partial charge in [-0.3, -0.25) is 0 Å². The summed E-state index contributed by atoms with van der Waals surface area (Å²) in [5.41, 5.74) is 1.18. The number of ether oxygens (including phenoxy) is 1. The van der Waals surface area contributed by atoms with Gasteiger partial charge in [-0.1, -0.05) is 35.3 Å². The number of aryl methyl sites for hydroxylation is 1. The highest BCUT2D eigenvalue weighted by Crippen LogP contribution is 2.22. The third-order valence-corrected chi connectivity index (χ3v) is 3.22. The average molecular weight is 300 g/mol. The molecule has 96 valence electrons. The molecular formula is C14H22BrNO. The molecule has 0 fully saturated rings. The summed E-state index contributed by atoms with van der Waals surface area (Å²) in [5.74, 6) is 0.962. The Morgan fingerprint density at radius 3 is 2.88 bits per heavy atom. The lowest BCUT2D eigenvalue weighted by Gasteiger charge is -2.14. The molecular weight excluding hydrogens is 278 g/mol. The standard InChI is InChI=1S/C14H22BrNO/c1-4-5-12(3)16-8-9-17-14-10-13(15)7-6-11(14)2/h6-7,10,12,16H,4-5,8-9H2,1-3H3. The van der Waals surface area contributed by atoms with Crippen molar-refractivity contribution in [2.45, 2.75) is 39.7 Å². The molecule has 0 saturated carbocycles. The molecule has 0 bridgehead atoms. The van der Waals surface area contributed by atoms with Crippen LogP contribution in [0.2, 0.25) is 0 Å². The molecule has 1 N–H and O–H groups in total. The quantitative estimate of drug-likeness (QED) is 0.771. The molecule has 2 nitrogen and oxygen atoms in total. The Morgan fingerprint density at radius 1 is 1.41 bits per heavy atom. The van der Waals surface area contributed by atoms with Gasteiger partial charge >= 0.3 is 0 Å². The normalized spacial score (nSPS) is 12.5. The van der Waals surface area contributed by atoms with Gasteiger partial charge in [0.25, 0.3) is 0 Å². The molecule has 0 spiro atoms. The Kier molecular flexibility index (Phi) is 6.60. The van der Waals surface area contributed by atoms with Gasteiger partial charge in [0.15, 0.2) is 0 Å². The van der Waals surface area contributed by atoms with E-state index in [2.05, 4.69) is 48.1 Å². The summed E-state index contributed by atoms with van der Waals surface area (Å²) in [5, 5.41) is 3.45. The molecule has 0 aromatic heterocycles. The van der Waals surface area contributed by atoms with E-state index >= 15 is 0 Å². The lowest BCUT2D eigenvalue weighted by atomic mass is 10.2. The largest absolute Gasteiger partial charge is 0.492 e. The molecule has 1 atom stereocenters. The van der Waals surface area contributed by atoms with E-state index in [1.54, 1.807) is 0 Å². The number of benzene rings is 1. The third-order valence-electron chi connectivity index (χ3n) is 2.72. The van der Waals surface area contributed by atoms with Gasteiger partial charge in [-0.25, -0.2) is 0 Å². The van der Waals surface area contributed by atoms with Crippen molar-refractivity contribution in [2.75, 3.05) is 13.2 Å². The SMILES string of the molecule is CCCC(C)NCCOc1cc(Br)ccc1C. The van der Waals surface area contributed by atoms with Crippen molar-refractivity contribution in [3.8, 4) is 5.75 Å². The van der Waals surface area contributed by atoms with E-state index in [-0.39, 0.29) is 0 Å². The van der Waals surface area contributed by atoms with Crippen LogP contribution in [0, 0.1) is 6.92 Å². The molecule has 0 radical (unpaired) electrons. The maximum absolute atomic E-state index is 5.75. The van der Waals surface area contributed by atoms with Crippen LogP contribution in [0.5, 0.6) is 5.75 Å². The molecule has 3 heteroatoms. The molecule has 0 aliphatic heterocycles. The smallest absolute Gasteiger partial charge is 0.123 e. The number of halogens is 1. The van der Waals surface area contributed by atoms with Crippen molar-refractivity contribution in [3.63, 3.8) is 0 Å². The van der Waals surface area contributed by atoms with Gasteiger partial charge in [0, 0.05) is 17.1 Å². The van der Waals surface area contributed by atoms with Crippen molar-refractivity contribution in [1.82, 2.24) is 5.32 Å². The number of rotatable bonds is 7. The van der Waals surface area contributed by atoms with Crippen LogP contribution in [-0.2, 0) is 0 Å². The number of nitrogens with one attached hydrogen (secondary N) is 1. The van der Waals surface area contributed by atoms with E-state index < -0.39 is 0 Å². The van der Waals surface area contributed by atoms with Crippen LogP contribution in [-0.4, -0.2) is 19.2 Å². The molecule has 0 aliphatic rings. The summed E-state index contributed by atoms with van der Waals surface area (Å²) in [4.78, 5) is 0. The zero-order chi connectivity index (χ0) is 12.7. The van der Waals surface area contributed by atoms with Gasteiger partial charge in [0.2, 0.25) is 0 Å². The summed E-state index contributed by atoms with van der Waals surface area (Å²) >= 11 is 3.45. The first-order valence-corrected chi connectivity index (χ1v) is 7.05. The van der Waals surface area contributed by atoms with Crippen LogP contribution < -0.4 is 10.1 Å². The molecule has 0 saturated heterocycles. The van der Waals surface area contributed by atoms with Crippen LogP contribution in [0.1, 0.15) is 32.3 Å². The highest BCUT2D eigenvalue weighted by atomic mass is 79.9. The molecule has 17 heavy (non-hydrogen) atoms. The molecule has 1 unspecified atom stereocenters. The van der Waals surface area contributed by atoms with Crippen LogP contribution in [0.4, 0.5) is 0 Å². The van der Waals surface area contributed by atoms with Gasteiger partial charge in [-0.2, -0.15) is 0 Å². The Labute approximate surface area is 113 Å². The summed E-state index contributed by atoms with van der Waals surface area (Å²) in [6.07, 6.45) is 2.44. The average Bonchev–Trinajstić information content (AvgIpc) is 2.29. The van der Waals surface area contributed by atoms with Crippen LogP contribution >= 0.6 is 15.9 Å². The highest BCUT2D eigenvalue weighted by molar-refractivity contribution is 9.10. The van der Waals surface area contributed by atoms with E-state index in [1.807, 2.05) is 12.1 Å². The van der Waals surface area contributed by atoms with Crippen molar-refractivity contribution in [2.24, 2.45) is 0 Å². The van der Waals surface area contributed by atoms with Crippen molar-refractivity contribution in [1.29, 1.82) is 0 Å². The maximum atomic E-state index is 5.75. The van der Waals surface area contributed by atoms with E-state index in [0.717, 1.165) is 16.8 Å². The molecule has 1 aromatic rings. The maximum Gasteiger partial charge on any atom is 0.123 e. The van der Waals surface area contributed by atoms with Gasteiger partial charge < -0.3 is 10.1 Å². The first-order chi connectivity index (χ1) is 8.13. The minimum absolute atomic E-state index is 0.576. The van der Waals surface area contributed by atoms with Crippen molar-refractivity contribution >= 4 is 15.9 Å². The van der Waals surface area contributed by atoms with Gasteiger partial charge in [0.1, 0.15) is 12.4 Å². The molecule has 1 aromatic carbocycles. The van der Waals surface area contributed by atoms with Gasteiger partial charge in [0.05, 0.1) is 0 Å². The zero-order valence-electron chi connectivity index (χ0n) is 10.9. The Balaban J connectivity index is 2.28. The minimum Gasteiger partial charge on any atom is -0.492 e. The van der Waals surface area contributed by atoms with Crippen molar-refractivity contribution < 1.29 is 4.74 Å². The minimum atomic E-state index is 0.576. The predicted molar refractivity (Wildman–Crippen MR) is 76.7 cm³/mol. The van der Waals surface area contributed by atoms with Crippen molar-refractivity contribution in [3.05, 3.63) is 28.2 Å². The molecule has 0 aliphatic carbocycles. The monoisotopic (exact) mass is 299 g/mol. The first-order valence-electron chi connectivity index (χ1n) is 6.25. The van der Waals surface area contributed by atoms with Crippen LogP contribution in [0.15, 0.2) is 22.7 Å². The first kappa shape index (κ1) is 14.5. The van der Waals surface area contributed by atoms with Gasteiger partial charge in [-0.05, 0) is 38.0 Å². The van der Waals surface area contributed by atoms with E-state index in [1.165, 1.54) is 18.4 Å². The molecule has 0 heterocycles. The number of hydrogen-bond donors (Lipinski definition) is 1. The summed E-state index contributed by atoms with van der Waals surface area (Å²) < 4.78 is 6.81. The van der Waals surface area contributed by atoms with E-state index in [9.17, 15) is 0 Å². The summed E-state index contributed by atoms with van der Waals surface area (Å²) in [6, 6.07) is 6.69. The summed E-state index contributed by atoms with van der Waals surface area (Å²) in [6.45, 7) is 8.10. The second kappa shape index (κ2) is 7.72. The second-order valence-electron chi connectivity index (χ2n) is 4.40. The van der Waals surface area contributed by atoms with Gasteiger partial charge in [-0.15, -0.1) is 0 Å². The number of hydrogen-bond acceptors (Lipinski definition) is 2. The van der Waals surface area contributed by atoms with E-state index in [0.29, 0.717) is 12.6 Å². The second-order valence-corrected chi connectivity index (χ2v) is 5.32. The fraction of sp³-hybridized carbons (Fsp3) is 0.571. The Bertz CT molecular complexity index is 341. The highest BCUT2D eigenvalue weighted by Gasteiger charge is 2.01. The Morgan fingerprint density at radius 2 is 2.18 bits per heavy atom. The van der Waals surface area contributed by atoms with Crippen LogP contribution in [0.25, 0.3) is 0 Å². The molecule has 1 rings (SSSR count). The third kappa shape index (κ3) is 5.55. The lowest BCUT2D eigenvalue weighted by Crippen LogP contribution is -2.30. The molecule has 0 amide bonds. The fourth-order valence-corrected chi connectivity index (χ4v) is 2.07. The predicted octanol–water partition coefficient (Wildman–Crippen LogP) is 3.91. The Hall–Kier alpha value is -0.540. The summed E-state index contributed by atoms with van der Waals surface area (Å²) in [7, 11) is 0.